The smallest absolute Gasteiger partial charge is 0.295 e. The van der Waals surface area contributed by atoms with Crippen LogP contribution >= 0.6 is 11.8 Å². The Morgan fingerprint density at radius 3 is 2.59 bits per heavy atom. The van der Waals surface area contributed by atoms with E-state index in [-0.39, 0.29) is 11.5 Å². The van der Waals surface area contributed by atoms with E-state index in [1.807, 2.05) is 74.7 Å². The van der Waals surface area contributed by atoms with E-state index in [0.717, 1.165) is 33.0 Å². The van der Waals surface area contributed by atoms with Gasteiger partial charge in [-0.05, 0) is 56.9 Å². The number of nitrogens with one attached hydrogen (secondary N) is 1. The van der Waals surface area contributed by atoms with Crippen molar-refractivity contribution >= 4 is 34.3 Å². The molecule has 0 aliphatic carbocycles. The lowest BCUT2D eigenvalue weighted by Gasteiger charge is -2.08. The number of anilines is 1. The van der Waals surface area contributed by atoms with E-state index in [1.165, 1.54) is 4.68 Å². The van der Waals surface area contributed by atoms with Gasteiger partial charge in [-0.2, -0.15) is 10.2 Å². The number of thioether (sulfide) groups is 1. The minimum absolute atomic E-state index is 0.0849. The number of carbonyl (C=O) groups is 1. The van der Waals surface area contributed by atoms with Gasteiger partial charge in [0.05, 0.1) is 22.5 Å². The summed E-state index contributed by atoms with van der Waals surface area (Å²) in [6.45, 7) is 4.18. The van der Waals surface area contributed by atoms with Gasteiger partial charge in [-0.3, -0.25) is 9.59 Å². The molecule has 1 amide bonds. The van der Waals surface area contributed by atoms with Crippen molar-refractivity contribution in [2.75, 3.05) is 11.6 Å². The monoisotopic (exact) mass is 447 g/mol. The summed E-state index contributed by atoms with van der Waals surface area (Å²) in [7, 11) is 0. The number of para-hydroxylation sites is 1. The zero-order valence-electron chi connectivity index (χ0n) is 18.3. The molecular weight excluding hydrogens is 422 g/mol. The predicted molar refractivity (Wildman–Crippen MR) is 129 cm³/mol. The van der Waals surface area contributed by atoms with Crippen LogP contribution in [0.2, 0.25) is 0 Å². The molecule has 0 spiro atoms. The highest BCUT2D eigenvalue weighted by Gasteiger charge is 2.17. The molecule has 1 N–H and O–H groups in total. The molecule has 0 saturated carbocycles. The molecule has 8 heteroatoms. The highest BCUT2D eigenvalue weighted by atomic mass is 32.2. The molecule has 2 heterocycles. The van der Waals surface area contributed by atoms with Gasteiger partial charge in [-0.1, -0.05) is 24.3 Å². The third-order valence-corrected chi connectivity index (χ3v) is 6.04. The Balaban J connectivity index is 1.49. The standard InChI is InChI=1S/C24H25N5O2S/c1-16-22-17(2)29(19-10-5-4-6-11-19)27-23(22)24(31)28(26-16)14-8-13-21(30)25-18-9-7-12-20(15-18)32-3/h4-7,9-12,15H,8,13-14H2,1-3H3,(H,25,30). The van der Waals surface area contributed by atoms with Gasteiger partial charge in [-0.15, -0.1) is 11.8 Å². The van der Waals surface area contributed by atoms with Crippen molar-refractivity contribution < 1.29 is 4.79 Å². The van der Waals surface area contributed by atoms with E-state index in [0.29, 0.717) is 24.9 Å². The largest absolute Gasteiger partial charge is 0.326 e. The topological polar surface area (TPSA) is 81.8 Å². The van der Waals surface area contributed by atoms with Crippen molar-refractivity contribution in [1.29, 1.82) is 0 Å². The Bertz CT molecular complexity index is 1330. The van der Waals surface area contributed by atoms with Crippen LogP contribution in [0.1, 0.15) is 24.2 Å². The Morgan fingerprint density at radius 2 is 1.84 bits per heavy atom. The Hall–Kier alpha value is -3.39. The molecule has 0 radical (unpaired) electrons. The molecule has 32 heavy (non-hydrogen) atoms. The van der Waals surface area contributed by atoms with Crippen LogP contribution < -0.4 is 10.9 Å². The number of amides is 1. The summed E-state index contributed by atoms with van der Waals surface area (Å²) in [5.41, 5.74) is 3.46. The molecule has 2 aromatic heterocycles. The molecule has 4 rings (SSSR count). The number of benzene rings is 2. The minimum atomic E-state index is -0.239. The molecule has 0 aliphatic rings. The fourth-order valence-electron chi connectivity index (χ4n) is 3.77. The molecule has 164 valence electrons. The molecule has 4 aromatic rings. The average molecular weight is 448 g/mol. The number of aromatic nitrogens is 4. The number of carbonyl (C=O) groups excluding carboxylic acids is 1. The zero-order valence-corrected chi connectivity index (χ0v) is 19.1. The van der Waals surface area contributed by atoms with Crippen molar-refractivity contribution in [3.8, 4) is 5.69 Å². The van der Waals surface area contributed by atoms with E-state index in [2.05, 4.69) is 15.5 Å². The van der Waals surface area contributed by atoms with Crippen molar-refractivity contribution in [1.82, 2.24) is 19.6 Å². The first kappa shape index (κ1) is 21.8. The third kappa shape index (κ3) is 4.45. The SMILES string of the molecule is CSc1cccc(NC(=O)CCCn2nc(C)c3c(C)n(-c4ccccc4)nc3c2=O)c1. The predicted octanol–water partition coefficient (Wildman–Crippen LogP) is 4.34. The maximum Gasteiger partial charge on any atom is 0.295 e. The van der Waals surface area contributed by atoms with Gasteiger partial charge in [0.15, 0.2) is 5.52 Å². The molecule has 2 aromatic carbocycles. The molecule has 0 unspecified atom stereocenters. The van der Waals surface area contributed by atoms with Crippen LogP contribution in [0.3, 0.4) is 0 Å². The molecule has 0 aliphatic heterocycles. The highest BCUT2D eigenvalue weighted by Crippen LogP contribution is 2.21. The lowest BCUT2D eigenvalue weighted by atomic mass is 10.2. The van der Waals surface area contributed by atoms with Gasteiger partial charge in [0.1, 0.15) is 0 Å². The van der Waals surface area contributed by atoms with E-state index >= 15 is 0 Å². The minimum Gasteiger partial charge on any atom is -0.326 e. The summed E-state index contributed by atoms with van der Waals surface area (Å²) in [5, 5.41) is 12.8. The summed E-state index contributed by atoms with van der Waals surface area (Å²) in [4.78, 5) is 26.5. The van der Waals surface area contributed by atoms with Crippen molar-refractivity contribution in [2.24, 2.45) is 0 Å². The average Bonchev–Trinajstić information content (AvgIpc) is 3.15. The zero-order chi connectivity index (χ0) is 22.7. The van der Waals surface area contributed by atoms with E-state index in [9.17, 15) is 9.59 Å². The normalized spacial score (nSPS) is 11.1. The maximum atomic E-state index is 13.0. The van der Waals surface area contributed by atoms with Gasteiger partial charge >= 0.3 is 0 Å². The summed E-state index contributed by atoms with van der Waals surface area (Å²) < 4.78 is 3.20. The molecular formula is C24H25N5O2S. The van der Waals surface area contributed by atoms with Gasteiger partial charge in [0, 0.05) is 23.5 Å². The van der Waals surface area contributed by atoms with Crippen LogP contribution in [0.15, 0.2) is 64.3 Å². The fourth-order valence-corrected chi connectivity index (χ4v) is 4.23. The van der Waals surface area contributed by atoms with Gasteiger partial charge in [0.25, 0.3) is 5.56 Å². The van der Waals surface area contributed by atoms with Crippen molar-refractivity contribution in [3.05, 3.63) is 76.3 Å². The number of aryl methyl sites for hydroxylation is 3. The number of hydrogen-bond acceptors (Lipinski definition) is 5. The number of hydrogen-bond donors (Lipinski definition) is 1. The van der Waals surface area contributed by atoms with Crippen LogP contribution in [0, 0.1) is 13.8 Å². The van der Waals surface area contributed by atoms with Crippen molar-refractivity contribution in [2.45, 2.75) is 38.1 Å². The molecule has 7 nitrogen and oxygen atoms in total. The van der Waals surface area contributed by atoms with E-state index in [1.54, 1.807) is 16.4 Å². The lowest BCUT2D eigenvalue weighted by molar-refractivity contribution is -0.116. The van der Waals surface area contributed by atoms with Crippen molar-refractivity contribution in [3.63, 3.8) is 0 Å². The summed E-state index contributed by atoms with van der Waals surface area (Å²) >= 11 is 1.62. The van der Waals surface area contributed by atoms with Gasteiger partial charge in [-0.25, -0.2) is 9.36 Å². The van der Waals surface area contributed by atoms with Crippen LogP contribution in [0.5, 0.6) is 0 Å². The van der Waals surface area contributed by atoms with Crippen LogP contribution in [-0.4, -0.2) is 31.7 Å². The number of rotatable bonds is 7. The van der Waals surface area contributed by atoms with Gasteiger partial charge in [0.2, 0.25) is 5.91 Å². The fraction of sp³-hybridized carbons (Fsp3) is 0.250. The van der Waals surface area contributed by atoms with Gasteiger partial charge < -0.3 is 5.32 Å². The Kier molecular flexibility index (Phi) is 6.41. The first-order chi connectivity index (χ1) is 15.5. The molecule has 0 fully saturated rings. The van der Waals surface area contributed by atoms with E-state index < -0.39 is 0 Å². The second kappa shape index (κ2) is 9.40. The third-order valence-electron chi connectivity index (χ3n) is 5.31. The molecule has 0 atom stereocenters. The lowest BCUT2D eigenvalue weighted by Crippen LogP contribution is -2.25. The quantitative estimate of drug-likeness (QED) is 0.426. The van der Waals surface area contributed by atoms with Crippen LogP contribution in [0.25, 0.3) is 16.6 Å². The Morgan fingerprint density at radius 1 is 1.06 bits per heavy atom. The highest BCUT2D eigenvalue weighted by molar-refractivity contribution is 7.98. The molecule has 0 saturated heterocycles. The molecule has 0 bridgehead atoms. The maximum absolute atomic E-state index is 13.0. The number of fused-ring (bicyclic) bond motifs is 1. The van der Waals surface area contributed by atoms with E-state index in [4.69, 9.17) is 0 Å². The summed E-state index contributed by atoms with van der Waals surface area (Å²) in [6, 6.07) is 17.4. The Labute approximate surface area is 190 Å². The summed E-state index contributed by atoms with van der Waals surface area (Å²) in [5.74, 6) is -0.0849. The second-order valence-corrected chi connectivity index (χ2v) is 8.43. The number of nitrogens with zero attached hydrogens (tertiary/aromatic N) is 4. The van der Waals surface area contributed by atoms with Crippen LogP contribution in [0.4, 0.5) is 5.69 Å². The second-order valence-electron chi connectivity index (χ2n) is 7.55. The first-order valence-electron chi connectivity index (χ1n) is 10.4. The summed E-state index contributed by atoms with van der Waals surface area (Å²) in [6.07, 6.45) is 2.80. The first-order valence-corrected chi connectivity index (χ1v) is 11.7. The van der Waals surface area contributed by atoms with Crippen LogP contribution in [-0.2, 0) is 11.3 Å².